The van der Waals surface area contributed by atoms with Gasteiger partial charge in [0.25, 0.3) is 11.7 Å². The first kappa shape index (κ1) is 21.1. The van der Waals surface area contributed by atoms with Crippen molar-refractivity contribution in [3.63, 3.8) is 0 Å². The predicted molar refractivity (Wildman–Crippen MR) is 117 cm³/mol. The number of aliphatic hydroxyl groups is 1. The maximum absolute atomic E-state index is 13.6. The molecule has 7 heteroatoms. The van der Waals surface area contributed by atoms with Crippen LogP contribution in [0.1, 0.15) is 17.2 Å². The zero-order chi connectivity index (χ0) is 22.8. The number of benzene rings is 3. The molecule has 162 valence electrons. The van der Waals surface area contributed by atoms with Gasteiger partial charge in [-0.1, -0.05) is 30.3 Å². The quantitative estimate of drug-likeness (QED) is 0.365. The van der Waals surface area contributed by atoms with Gasteiger partial charge < -0.3 is 14.6 Å². The first-order valence-electron chi connectivity index (χ1n) is 9.80. The van der Waals surface area contributed by atoms with E-state index in [2.05, 4.69) is 0 Å². The van der Waals surface area contributed by atoms with Crippen molar-refractivity contribution in [3.8, 4) is 11.5 Å². The smallest absolute Gasteiger partial charge is 0.300 e. The Bertz CT molecular complexity index is 1200. The molecule has 3 aromatic carbocycles. The lowest BCUT2D eigenvalue weighted by molar-refractivity contribution is -0.132. The summed E-state index contributed by atoms with van der Waals surface area (Å²) in [4.78, 5) is 27.5. The molecule has 0 aromatic heterocycles. The second-order valence-corrected chi connectivity index (χ2v) is 7.12. The van der Waals surface area contributed by atoms with E-state index in [1.54, 1.807) is 48.5 Å². The molecule has 32 heavy (non-hydrogen) atoms. The molecule has 0 bridgehead atoms. The summed E-state index contributed by atoms with van der Waals surface area (Å²) in [5.41, 5.74) is 1.06. The predicted octanol–water partition coefficient (Wildman–Crippen LogP) is 4.47. The van der Waals surface area contributed by atoms with Crippen LogP contribution in [0.15, 0.2) is 78.4 Å². The third-order valence-corrected chi connectivity index (χ3v) is 5.33. The van der Waals surface area contributed by atoms with E-state index in [9.17, 15) is 19.1 Å². The molecular weight excluding hydrogens is 413 g/mol. The van der Waals surface area contributed by atoms with Gasteiger partial charge in [0.05, 0.1) is 31.4 Å². The van der Waals surface area contributed by atoms with Gasteiger partial charge in [-0.15, -0.1) is 0 Å². The van der Waals surface area contributed by atoms with Crippen LogP contribution in [0.25, 0.3) is 5.76 Å². The van der Waals surface area contributed by atoms with Gasteiger partial charge in [-0.2, -0.15) is 0 Å². The molecule has 1 atom stereocenters. The Morgan fingerprint density at radius 2 is 1.62 bits per heavy atom. The third-order valence-electron chi connectivity index (χ3n) is 5.33. The molecule has 0 spiro atoms. The molecule has 6 nitrogen and oxygen atoms in total. The first-order chi connectivity index (χ1) is 15.5. The van der Waals surface area contributed by atoms with Crippen molar-refractivity contribution in [1.29, 1.82) is 0 Å². The van der Waals surface area contributed by atoms with Crippen LogP contribution in [0, 0.1) is 5.82 Å². The van der Waals surface area contributed by atoms with Crippen LogP contribution in [0.4, 0.5) is 10.1 Å². The number of para-hydroxylation sites is 1. The minimum atomic E-state index is -0.954. The molecule has 1 fully saturated rings. The Balaban J connectivity index is 1.96. The molecule has 1 heterocycles. The van der Waals surface area contributed by atoms with E-state index in [1.807, 2.05) is 0 Å². The Morgan fingerprint density at radius 1 is 0.938 bits per heavy atom. The maximum Gasteiger partial charge on any atom is 0.300 e. The fraction of sp³-hybridized carbons (Fsp3) is 0.120. The van der Waals surface area contributed by atoms with Crippen molar-refractivity contribution in [1.82, 2.24) is 0 Å². The fourth-order valence-corrected chi connectivity index (χ4v) is 3.79. The average Bonchev–Trinajstić information content (AvgIpc) is 3.09. The average molecular weight is 433 g/mol. The summed E-state index contributed by atoms with van der Waals surface area (Å²) in [5.74, 6) is -1.72. The lowest BCUT2D eigenvalue weighted by Crippen LogP contribution is -2.29. The number of rotatable bonds is 5. The van der Waals surface area contributed by atoms with Crippen LogP contribution >= 0.6 is 0 Å². The van der Waals surface area contributed by atoms with Gasteiger partial charge in [-0.05, 0) is 42.0 Å². The van der Waals surface area contributed by atoms with Crippen molar-refractivity contribution in [2.45, 2.75) is 6.04 Å². The number of amides is 1. The molecule has 1 N–H and O–H groups in total. The molecule has 3 aromatic rings. The number of anilines is 1. The minimum Gasteiger partial charge on any atom is -0.507 e. The number of carbonyl (C=O) groups excluding carboxylic acids is 2. The molecule has 1 amide bonds. The van der Waals surface area contributed by atoms with Gasteiger partial charge >= 0.3 is 0 Å². The number of methoxy groups -OCH3 is 2. The molecule has 1 unspecified atom stereocenters. The van der Waals surface area contributed by atoms with Gasteiger partial charge in [-0.3, -0.25) is 14.5 Å². The second-order valence-electron chi connectivity index (χ2n) is 7.12. The highest BCUT2D eigenvalue weighted by molar-refractivity contribution is 6.51. The van der Waals surface area contributed by atoms with Crippen molar-refractivity contribution in [2.75, 3.05) is 19.1 Å². The number of hydrogen-bond acceptors (Lipinski definition) is 5. The normalized spacial score (nSPS) is 17.5. The molecule has 0 aliphatic carbocycles. The van der Waals surface area contributed by atoms with Gasteiger partial charge in [0.1, 0.15) is 23.1 Å². The lowest BCUT2D eigenvalue weighted by Gasteiger charge is -2.25. The van der Waals surface area contributed by atoms with Crippen LogP contribution in [-0.4, -0.2) is 31.0 Å². The van der Waals surface area contributed by atoms with E-state index < -0.39 is 29.3 Å². The van der Waals surface area contributed by atoms with E-state index in [1.165, 1.54) is 43.4 Å². The summed E-state index contributed by atoms with van der Waals surface area (Å²) in [7, 11) is 2.92. The Kier molecular flexibility index (Phi) is 5.64. The molecule has 0 saturated carbocycles. The minimum absolute atomic E-state index is 0.117. The number of carbonyl (C=O) groups is 2. The molecule has 4 rings (SSSR count). The number of ketones is 1. The Morgan fingerprint density at radius 3 is 2.25 bits per heavy atom. The van der Waals surface area contributed by atoms with Gasteiger partial charge in [0.2, 0.25) is 0 Å². The van der Waals surface area contributed by atoms with E-state index >= 15 is 0 Å². The molecular formula is C25H20FNO5. The Labute approximate surface area is 184 Å². The summed E-state index contributed by atoms with van der Waals surface area (Å²) in [6.07, 6.45) is 0. The summed E-state index contributed by atoms with van der Waals surface area (Å²) >= 11 is 0. The second kappa shape index (κ2) is 8.55. The number of nitrogens with zero attached hydrogens (tertiary/aromatic N) is 1. The van der Waals surface area contributed by atoms with Gasteiger partial charge in [0, 0.05) is 11.8 Å². The van der Waals surface area contributed by atoms with E-state index in [0.717, 1.165) is 0 Å². The zero-order valence-electron chi connectivity index (χ0n) is 17.4. The van der Waals surface area contributed by atoms with E-state index in [4.69, 9.17) is 9.47 Å². The third kappa shape index (κ3) is 3.58. The van der Waals surface area contributed by atoms with Gasteiger partial charge in [-0.25, -0.2) is 4.39 Å². The topological polar surface area (TPSA) is 76.1 Å². The maximum atomic E-state index is 13.6. The molecule has 1 aliphatic rings. The summed E-state index contributed by atoms with van der Waals surface area (Å²) in [6.45, 7) is 0. The zero-order valence-corrected chi connectivity index (χ0v) is 17.4. The highest BCUT2D eigenvalue weighted by atomic mass is 19.1. The highest BCUT2D eigenvalue weighted by Crippen LogP contribution is 2.43. The van der Waals surface area contributed by atoms with Gasteiger partial charge in [0.15, 0.2) is 0 Å². The van der Waals surface area contributed by atoms with E-state index in [0.29, 0.717) is 17.0 Å². The molecule has 0 radical (unpaired) electrons. The summed E-state index contributed by atoms with van der Waals surface area (Å²) < 4.78 is 24.2. The fourth-order valence-electron chi connectivity index (χ4n) is 3.79. The summed E-state index contributed by atoms with van der Waals surface area (Å²) in [6, 6.07) is 17.9. The largest absolute Gasteiger partial charge is 0.507 e. The van der Waals surface area contributed by atoms with Crippen LogP contribution in [0.5, 0.6) is 11.5 Å². The number of Topliss-reactive ketones (excluding diaryl/α,β-unsaturated/α-hetero) is 1. The van der Waals surface area contributed by atoms with Crippen LogP contribution in [-0.2, 0) is 9.59 Å². The van der Waals surface area contributed by atoms with Crippen molar-refractivity contribution >= 4 is 23.1 Å². The monoisotopic (exact) mass is 433 g/mol. The van der Waals surface area contributed by atoms with Crippen LogP contribution in [0.2, 0.25) is 0 Å². The van der Waals surface area contributed by atoms with Crippen molar-refractivity contribution < 1.29 is 28.6 Å². The van der Waals surface area contributed by atoms with Crippen LogP contribution in [0.3, 0.4) is 0 Å². The number of ether oxygens (including phenoxy) is 2. The van der Waals surface area contributed by atoms with Crippen molar-refractivity contribution in [2.24, 2.45) is 0 Å². The lowest BCUT2D eigenvalue weighted by atomic mass is 9.94. The highest BCUT2D eigenvalue weighted by Gasteiger charge is 2.47. The number of hydrogen-bond donors (Lipinski definition) is 1. The number of halogens is 1. The van der Waals surface area contributed by atoms with Crippen LogP contribution < -0.4 is 14.4 Å². The SMILES string of the molecule is COc1ccc(/C(O)=C2/C(=O)C(=O)N(c3ccccc3)C2c2ccc(F)cc2)c(OC)c1. The number of aliphatic hydroxyl groups excluding tert-OH is 1. The molecule has 1 saturated heterocycles. The van der Waals surface area contributed by atoms with E-state index in [-0.39, 0.29) is 16.9 Å². The standard InChI is InChI=1S/C25H20FNO5/c1-31-18-12-13-19(20(14-18)32-2)23(28)21-22(15-8-10-16(26)11-9-15)27(25(30)24(21)29)17-6-4-3-5-7-17/h3-14,22,28H,1-2H3/b23-21-. The Hall–Kier alpha value is -4.13. The summed E-state index contributed by atoms with van der Waals surface area (Å²) in [5, 5.41) is 11.2. The van der Waals surface area contributed by atoms with Crippen molar-refractivity contribution in [3.05, 3.63) is 95.3 Å². The molecule has 1 aliphatic heterocycles. The first-order valence-corrected chi connectivity index (χ1v) is 9.80.